The second-order valence-corrected chi connectivity index (χ2v) is 9.75. The van der Waals surface area contributed by atoms with Crippen molar-refractivity contribution in [3.63, 3.8) is 0 Å². The van der Waals surface area contributed by atoms with Crippen molar-refractivity contribution < 1.29 is 28.0 Å². The first-order chi connectivity index (χ1) is 16.2. The van der Waals surface area contributed by atoms with Gasteiger partial charge in [-0.25, -0.2) is 13.2 Å². The van der Waals surface area contributed by atoms with Gasteiger partial charge in [0.1, 0.15) is 6.10 Å². The standard InChI is InChI=1S/C21H30N6O6S/c1-15(28)26-21(19(29)30,27-34(31,32)16-7-3-2-4-8-16)17(18-10-14-25-33-18)9-5-11-22-20-23-12-6-13-24-20/h2-4,7-8,14,17-18,27H,5-6,9-13H2,1H3,(H,26,28)(H,29,30)(H2,22,23,24)/t17?,18-,21+/m1/s1. The first kappa shape index (κ1) is 25.4. The Kier molecular flexibility index (Phi) is 8.45. The zero-order valence-corrected chi connectivity index (χ0v) is 19.7. The molecular weight excluding hydrogens is 464 g/mol. The van der Waals surface area contributed by atoms with Crippen LogP contribution in [0.25, 0.3) is 0 Å². The topological polar surface area (TPSA) is 171 Å². The maximum Gasteiger partial charge on any atom is 0.346 e. The van der Waals surface area contributed by atoms with Crippen molar-refractivity contribution in [3.8, 4) is 0 Å². The van der Waals surface area contributed by atoms with Gasteiger partial charge in [0.15, 0.2) is 5.96 Å². The van der Waals surface area contributed by atoms with Crippen molar-refractivity contribution in [2.45, 2.75) is 49.3 Å². The fourth-order valence-electron chi connectivity index (χ4n) is 4.01. The number of carboxylic acid groups (broad SMARTS) is 1. The Morgan fingerprint density at radius 2 is 2.09 bits per heavy atom. The highest BCUT2D eigenvalue weighted by atomic mass is 32.2. The summed E-state index contributed by atoms with van der Waals surface area (Å²) in [4.78, 5) is 34.4. The molecule has 0 fully saturated rings. The molecule has 0 spiro atoms. The molecule has 0 radical (unpaired) electrons. The number of carbonyl (C=O) groups excluding carboxylic acids is 1. The fraction of sp³-hybridized carbons (Fsp3) is 0.524. The predicted octanol–water partition coefficient (Wildman–Crippen LogP) is -0.00810. The zero-order valence-electron chi connectivity index (χ0n) is 18.9. The molecule has 3 rings (SSSR count). The van der Waals surface area contributed by atoms with Gasteiger partial charge in [-0.05, 0) is 31.4 Å². The lowest BCUT2D eigenvalue weighted by Gasteiger charge is -2.39. The number of carbonyl (C=O) groups is 2. The van der Waals surface area contributed by atoms with Gasteiger partial charge in [-0.1, -0.05) is 23.4 Å². The Labute approximate surface area is 198 Å². The van der Waals surface area contributed by atoms with Crippen LogP contribution in [-0.4, -0.2) is 69.0 Å². The summed E-state index contributed by atoms with van der Waals surface area (Å²) in [5.74, 6) is -2.56. The molecule has 13 heteroatoms. The third-order valence-corrected chi connectivity index (χ3v) is 7.04. The number of hydrogen-bond donors (Lipinski definition) is 5. The molecule has 1 aromatic carbocycles. The number of oxime groups is 1. The highest BCUT2D eigenvalue weighted by Gasteiger charge is 2.54. The van der Waals surface area contributed by atoms with E-state index in [2.05, 4.69) is 30.8 Å². The van der Waals surface area contributed by atoms with Crippen LogP contribution in [0.5, 0.6) is 0 Å². The Morgan fingerprint density at radius 3 is 2.68 bits per heavy atom. The molecule has 0 aromatic heterocycles. The van der Waals surface area contributed by atoms with Gasteiger partial charge in [-0.3, -0.25) is 9.79 Å². The number of carboxylic acids is 1. The van der Waals surface area contributed by atoms with E-state index in [0.717, 1.165) is 26.4 Å². The number of rotatable bonds is 11. The monoisotopic (exact) mass is 494 g/mol. The molecule has 2 aliphatic heterocycles. The van der Waals surface area contributed by atoms with E-state index in [9.17, 15) is 23.1 Å². The number of nitrogens with zero attached hydrogens (tertiary/aromatic N) is 2. The van der Waals surface area contributed by atoms with E-state index in [-0.39, 0.29) is 17.7 Å². The molecule has 2 heterocycles. The fourth-order valence-corrected chi connectivity index (χ4v) is 5.35. The highest BCUT2D eigenvalue weighted by molar-refractivity contribution is 7.89. The van der Waals surface area contributed by atoms with Gasteiger partial charge in [-0.15, -0.1) is 0 Å². The van der Waals surface area contributed by atoms with Crippen LogP contribution in [0.1, 0.15) is 32.6 Å². The number of aliphatic carboxylic acids is 1. The quantitative estimate of drug-likeness (QED) is 0.211. The molecule has 1 amide bonds. The number of hydrogen-bond acceptors (Lipinski definition) is 9. The second kappa shape index (κ2) is 11.3. The van der Waals surface area contributed by atoms with Crippen molar-refractivity contribution in [2.75, 3.05) is 19.6 Å². The maximum absolute atomic E-state index is 13.2. The molecule has 3 atom stereocenters. The van der Waals surface area contributed by atoms with Gasteiger partial charge in [0.25, 0.3) is 0 Å². The molecule has 1 aromatic rings. The summed E-state index contributed by atoms with van der Waals surface area (Å²) in [6.45, 7) is 3.12. The van der Waals surface area contributed by atoms with E-state index >= 15 is 0 Å². The summed E-state index contributed by atoms with van der Waals surface area (Å²) >= 11 is 0. The molecule has 2 aliphatic rings. The average molecular weight is 495 g/mol. The second-order valence-electron chi connectivity index (χ2n) is 8.07. The number of benzene rings is 1. The summed E-state index contributed by atoms with van der Waals surface area (Å²) < 4.78 is 28.6. The summed E-state index contributed by atoms with van der Waals surface area (Å²) in [6.07, 6.45) is 2.61. The van der Waals surface area contributed by atoms with Crippen molar-refractivity contribution >= 4 is 34.1 Å². The molecule has 34 heavy (non-hydrogen) atoms. The number of guanidine groups is 1. The van der Waals surface area contributed by atoms with Gasteiger partial charge in [-0.2, -0.15) is 4.72 Å². The van der Waals surface area contributed by atoms with Crippen LogP contribution in [0.3, 0.4) is 0 Å². The number of aliphatic imine (C=N–C) groups is 1. The van der Waals surface area contributed by atoms with Crippen molar-refractivity contribution in [2.24, 2.45) is 16.1 Å². The van der Waals surface area contributed by atoms with Gasteiger partial charge < -0.3 is 25.9 Å². The van der Waals surface area contributed by atoms with Crippen molar-refractivity contribution in [1.82, 2.24) is 20.7 Å². The van der Waals surface area contributed by atoms with Crippen LogP contribution in [0.15, 0.2) is 45.4 Å². The number of sulfonamides is 1. The summed E-state index contributed by atoms with van der Waals surface area (Å²) in [5, 5.41) is 22.7. The minimum Gasteiger partial charge on any atom is -0.478 e. The molecule has 186 valence electrons. The van der Waals surface area contributed by atoms with E-state index in [0.29, 0.717) is 18.9 Å². The third-order valence-electron chi connectivity index (χ3n) is 5.55. The molecule has 0 saturated heterocycles. The third kappa shape index (κ3) is 6.23. The van der Waals surface area contributed by atoms with Gasteiger partial charge >= 0.3 is 5.97 Å². The first-order valence-electron chi connectivity index (χ1n) is 11.1. The zero-order chi connectivity index (χ0) is 24.6. The van der Waals surface area contributed by atoms with Gasteiger partial charge in [0.05, 0.1) is 4.90 Å². The largest absolute Gasteiger partial charge is 0.478 e. The summed E-state index contributed by atoms with van der Waals surface area (Å²) in [6, 6.07) is 7.37. The maximum atomic E-state index is 13.2. The van der Waals surface area contributed by atoms with Crippen LogP contribution in [0.4, 0.5) is 0 Å². The lowest BCUT2D eigenvalue weighted by Crippen LogP contribution is -2.71. The first-order valence-corrected chi connectivity index (χ1v) is 12.5. The molecule has 5 N–H and O–H groups in total. The molecule has 1 unspecified atom stereocenters. The minimum atomic E-state index is -4.32. The molecule has 0 bridgehead atoms. The van der Waals surface area contributed by atoms with E-state index in [4.69, 9.17) is 4.84 Å². The van der Waals surface area contributed by atoms with E-state index in [1.54, 1.807) is 6.07 Å². The van der Waals surface area contributed by atoms with Gasteiger partial charge in [0.2, 0.25) is 21.6 Å². The molecule has 0 aliphatic carbocycles. The lowest BCUT2D eigenvalue weighted by atomic mass is 9.82. The molecular formula is C21H30N6O6S. The summed E-state index contributed by atoms with van der Waals surface area (Å²) in [7, 11) is -4.32. The Bertz CT molecular complexity index is 1020. The van der Waals surface area contributed by atoms with Crippen molar-refractivity contribution in [3.05, 3.63) is 30.3 Å². The molecule has 12 nitrogen and oxygen atoms in total. The van der Waals surface area contributed by atoms with Gasteiger partial charge in [0, 0.05) is 45.1 Å². The van der Waals surface area contributed by atoms with E-state index in [1.165, 1.54) is 30.5 Å². The van der Waals surface area contributed by atoms with Crippen molar-refractivity contribution in [1.29, 1.82) is 0 Å². The SMILES string of the molecule is CC(=O)N[C@@](NS(=O)(=O)c1ccccc1)(C(=O)O)C(CCCNC1=NCCCN1)[C@H]1CC=NO1. The minimum absolute atomic E-state index is 0.128. The lowest BCUT2D eigenvalue weighted by molar-refractivity contribution is -0.155. The van der Waals surface area contributed by atoms with Crippen LogP contribution in [-0.2, 0) is 24.4 Å². The van der Waals surface area contributed by atoms with Crippen LogP contribution < -0.4 is 20.7 Å². The summed E-state index contributed by atoms with van der Waals surface area (Å²) in [5.41, 5.74) is -2.36. The average Bonchev–Trinajstić information content (AvgIpc) is 3.34. The van der Waals surface area contributed by atoms with E-state index < -0.39 is 39.6 Å². The highest BCUT2D eigenvalue weighted by Crippen LogP contribution is 2.31. The normalized spacial score (nSPS) is 20.3. The van der Waals surface area contributed by atoms with Crippen LogP contribution in [0.2, 0.25) is 0 Å². The van der Waals surface area contributed by atoms with Crippen LogP contribution in [0, 0.1) is 5.92 Å². The van der Waals surface area contributed by atoms with E-state index in [1.807, 2.05) is 0 Å². The molecule has 0 saturated carbocycles. The Hall–Kier alpha value is -3.19. The Morgan fingerprint density at radius 1 is 1.32 bits per heavy atom. The Balaban J connectivity index is 1.88. The predicted molar refractivity (Wildman–Crippen MR) is 125 cm³/mol. The smallest absolute Gasteiger partial charge is 0.346 e. The number of nitrogens with one attached hydrogen (secondary N) is 4. The van der Waals surface area contributed by atoms with Crippen LogP contribution >= 0.6 is 0 Å². The number of amides is 1.